The van der Waals surface area contributed by atoms with Crippen molar-refractivity contribution in [3.63, 3.8) is 0 Å². The zero-order valence-electron chi connectivity index (χ0n) is 11.7. The van der Waals surface area contributed by atoms with Gasteiger partial charge >= 0.3 is 0 Å². The second-order valence-corrected chi connectivity index (χ2v) is 4.96. The van der Waals surface area contributed by atoms with E-state index in [1.165, 1.54) is 0 Å². The van der Waals surface area contributed by atoms with E-state index < -0.39 is 0 Å². The number of aryl methyl sites for hydroxylation is 1. The van der Waals surface area contributed by atoms with Crippen LogP contribution >= 0.6 is 0 Å². The van der Waals surface area contributed by atoms with E-state index in [0.29, 0.717) is 11.5 Å². The van der Waals surface area contributed by atoms with E-state index in [9.17, 15) is 4.79 Å². The molecule has 0 bridgehead atoms. The van der Waals surface area contributed by atoms with E-state index >= 15 is 0 Å². The number of carbonyl (C=O) groups is 1. The normalized spacial score (nSPS) is 11.1. The monoisotopic (exact) mass is 253 g/mol. The Morgan fingerprint density at radius 2 is 2.00 bits per heavy atom. The molecule has 0 radical (unpaired) electrons. The van der Waals surface area contributed by atoms with Crippen LogP contribution in [0.25, 0.3) is 0 Å². The van der Waals surface area contributed by atoms with Gasteiger partial charge in [0.2, 0.25) is 5.91 Å². The lowest BCUT2D eigenvalue weighted by Gasteiger charge is -2.14. The molecule has 0 fully saturated rings. The van der Waals surface area contributed by atoms with Crippen LogP contribution in [0.3, 0.4) is 0 Å². The number of hydrogen-bond acceptors (Lipinski definition) is 4. The number of anilines is 2. The molecule has 6 nitrogen and oxygen atoms in total. The van der Waals surface area contributed by atoms with Gasteiger partial charge in [0.1, 0.15) is 5.82 Å². The van der Waals surface area contributed by atoms with Gasteiger partial charge in [-0.25, -0.2) is 4.68 Å². The zero-order chi connectivity index (χ0) is 13.9. The zero-order valence-corrected chi connectivity index (χ0v) is 11.7. The molecule has 18 heavy (non-hydrogen) atoms. The second-order valence-electron chi connectivity index (χ2n) is 4.96. The minimum absolute atomic E-state index is 0.0569. The van der Waals surface area contributed by atoms with Crippen LogP contribution in [-0.2, 0) is 4.79 Å². The van der Waals surface area contributed by atoms with E-state index in [2.05, 4.69) is 15.7 Å². The number of nitrogens with two attached hydrogens (primary N) is 1. The lowest BCUT2D eigenvalue weighted by atomic mass is 10.3. The predicted molar refractivity (Wildman–Crippen MR) is 73.5 cm³/mol. The highest BCUT2D eigenvalue weighted by molar-refractivity contribution is 5.82. The number of nitrogens with zero attached hydrogens (tertiary/aromatic N) is 2. The van der Waals surface area contributed by atoms with Crippen molar-refractivity contribution in [1.29, 1.82) is 0 Å². The van der Waals surface area contributed by atoms with Gasteiger partial charge in [0, 0.05) is 12.1 Å². The average molecular weight is 253 g/mol. The first kappa shape index (κ1) is 14.3. The van der Waals surface area contributed by atoms with Crippen molar-refractivity contribution in [2.75, 3.05) is 17.6 Å². The standard InChI is InChI=1S/C12H23N5O/c1-7(2)15-10(18)6-14-12-11(13)9(5)16-17(12)8(3)4/h7-8,14H,6,13H2,1-5H3,(H,15,18). The lowest BCUT2D eigenvalue weighted by Crippen LogP contribution is -2.35. The summed E-state index contributed by atoms with van der Waals surface area (Å²) in [5.74, 6) is 0.653. The van der Waals surface area contributed by atoms with Crippen molar-refractivity contribution < 1.29 is 4.79 Å². The van der Waals surface area contributed by atoms with Crippen LogP contribution in [0.15, 0.2) is 0 Å². The van der Waals surface area contributed by atoms with E-state index in [0.717, 1.165) is 5.69 Å². The molecule has 102 valence electrons. The molecular weight excluding hydrogens is 230 g/mol. The Labute approximate surface area is 108 Å². The van der Waals surface area contributed by atoms with Crippen LogP contribution in [0.4, 0.5) is 11.5 Å². The van der Waals surface area contributed by atoms with Crippen molar-refractivity contribution in [3.8, 4) is 0 Å². The van der Waals surface area contributed by atoms with Crippen LogP contribution in [0.2, 0.25) is 0 Å². The fraction of sp³-hybridized carbons (Fsp3) is 0.667. The van der Waals surface area contributed by atoms with Gasteiger partial charge in [0.15, 0.2) is 0 Å². The van der Waals surface area contributed by atoms with Gasteiger partial charge in [-0.15, -0.1) is 0 Å². The minimum Gasteiger partial charge on any atom is -0.394 e. The molecular formula is C12H23N5O. The van der Waals surface area contributed by atoms with Gasteiger partial charge in [0.05, 0.1) is 17.9 Å². The number of rotatable bonds is 5. The van der Waals surface area contributed by atoms with Crippen LogP contribution in [-0.4, -0.2) is 28.3 Å². The Bertz CT molecular complexity index is 422. The molecule has 4 N–H and O–H groups in total. The van der Waals surface area contributed by atoms with Crippen molar-refractivity contribution in [3.05, 3.63) is 5.69 Å². The summed E-state index contributed by atoms with van der Waals surface area (Å²) < 4.78 is 1.80. The summed E-state index contributed by atoms with van der Waals surface area (Å²) in [5, 5.41) is 10.2. The highest BCUT2D eigenvalue weighted by atomic mass is 16.1. The molecule has 0 aromatic carbocycles. The van der Waals surface area contributed by atoms with Crippen LogP contribution in [0, 0.1) is 6.92 Å². The van der Waals surface area contributed by atoms with Crippen LogP contribution in [0.1, 0.15) is 39.4 Å². The third-order valence-electron chi connectivity index (χ3n) is 2.49. The van der Waals surface area contributed by atoms with Gasteiger partial charge in [-0.3, -0.25) is 4.79 Å². The predicted octanol–water partition coefficient (Wildman–Crippen LogP) is 1.29. The third kappa shape index (κ3) is 3.38. The summed E-state index contributed by atoms with van der Waals surface area (Å²) in [6.45, 7) is 9.94. The molecule has 0 atom stereocenters. The molecule has 1 rings (SSSR count). The summed E-state index contributed by atoms with van der Waals surface area (Å²) >= 11 is 0. The maximum absolute atomic E-state index is 11.6. The Balaban J connectivity index is 2.75. The highest BCUT2D eigenvalue weighted by Gasteiger charge is 2.15. The Morgan fingerprint density at radius 1 is 1.39 bits per heavy atom. The molecule has 0 saturated heterocycles. The second kappa shape index (κ2) is 5.75. The first-order valence-electron chi connectivity index (χ1n) is 6.20. The minimum atomic E-state index is -0.0569. The largest absolute Gasteiger partial charge is 0.394 e. The average Bonchev–Trinajstić information content (AvgIpc) is 2.52. The van der Waals surface area contributed by atoms with Gasteiger partial charge < -0.3 is 16.4 Å². The van der Waals surface area contributed by atoms with Crippen molar-refractivity contribution in [2.24, 2.45) is 0 Å². The Hall–Kier alpha value is -1.72. The quantitative estimate of drug-likeness (QED) is 0.738. The molecule has 1 aromatic heterocycles. The molecule has 6 heteroatoms. The summed E-state index contributed by atoms with van der Waals surface area (Å²) in [6, 6.07) is 0.324. The molecule has 0 unspecified atom stereocenters. The first-order chi connectivity index (χ1) is 8.32. The summed E-state index contributed by atoms with van der Waals surface area (Å²) in [7, 11) is 0. The molecule has 0 aliphatic heterocycles. The smallest absolute Gasteiger partial charge is 0.239 e. The molecule has 0 saturated carbocycles. The fourth-order valence-electron chi connectivity index (χ4n) is 1.65. The Kier molecular flexibility index (Phi) is 4.58. The molecule has 1 aromatic rings. The maximum Gasteiger partial charge on any atom is 0.239 e. The Morgan fingerprint density at radius 3 is 2.50 bits per heavy atom. The SMILES string of the molecule is Cc1nn(C(C)C)c(NCC(=O)NC(C)C)c1N. The van der Waals surface area contributed by atoms with E-state index in [4.69, 9.17) is 5.73 Å². The first-order valence-corrected chi connectivity index (χ1v) is 6.20. The van der Waals surface area contributed by atoms with Crippen molar-refractivity contribution in [1.82, 2.24) is 15.1 Å². The van der Waals surface area contributed by atoms with E-state index in [-0.39, 0.29) is 24.5 Å². The maximum atomic E-state index is 11.6. The van der Waals surface area contributed by atoms with Crippen LogP contribution in [0.5, 0.6) is 0 Å². The number of amides is 1. The van der Waals surface area contributed by atoms with Gasteiger partial charge in [-0.2, -0.15) is 5.10 Å². The number of aromatic nitrogens is 2. The van der Waals surface area contributed by atoms with Crippen molar-refractivity contribution in [2.45, 2.75) is 46.7 Å². The number of hydrogen-bond donors (Lipinski definition) is 3. The van der Waals surface area contributed by atoms with E-state index in [1.807, 2.05) is 34.6 Å². The molecule has 1 heterocycles. The topological polar surface area (TPSA) is 85.0 Å². The van der Waals surface area contributed by atoms with Gasteiger partial charge in [-0.05, 0) is 34.6 Å². The summed E-state index contributed by atoms with van der Waals surface area (Å²) in [4.78, 5) is 11.6. The third-order valence-corrected chi connectivity index (χ3v) is 2.49. The molecule has 0 aliphatic rings. The van der Waals surface area contributed by atoms with Gasteiger partial charge in [-0.1, -0.05) is 0 Å². The molecule has 1 amide bonds. The number of nitrogen functional groups attached to an aromatic ring is 1. The summed E-state index contributed by atoms with van der Waals surface area (Å²) in [6.07, 6.45) is 0. The summed E-state index contributed by atoms with van der Waals surface area (Å²) in [5.41, 5.74) is 7.32. The van der Waals surface area contributed by atoms with Crippen molar-refractivity contribution >= 4 is 17.4 Å². The van der Waals surface area contributed by atoms with E-state index in [1.54, 1.807) is 4.68 Å². The highest BCUT2D eigenvalue weighted by Crippen LogP contribution is 2.25. The van der Waals surface area contributed by atoms with Gasteiger partial charge in [0.25, 0.3) is 0 Å². The lowest BCUT2D eigenvalue weighted by molar-refractivity contribution is -0.119. The molecule has 0 aliphatic carbocycles. The fourth-order valence-corrected chi connectivity index (χ4v) is 1.65. The number of carbonyl (C=O) groups excluding carboxylic acids is 1. The van der Waals surface area contributed by atoms with Crippen LogP contribution < -0.4 is 16.4 Å². The molecule has 0 spiro atoms. The number of nitrogens with one attached hydrogen (secondary N) is 2.